The van der Waals surface area contributed by atoms with Gasteiger partial charge in [0, 0.05) is 13.1 Å². The highest BCUT2D eigenvalue weighted by Crippen LogP contribution is 2.29. The topological polar surface area (TPSA) is 16.1 Å². The fraction of sp³-hybridized carbons (Fsp3) is 0.615. The molecule has 0 atom stereocenters. The van der Waals surface area contributed by atoms with Gasteiger partial charge in [0.25, 0.3) is 0 Å². The van der Waals surface area contributed by atoms with Crippen molar-refractivity contribution in [1.82, 2.24) is 4.98 Å². The zero-order valence-corrected chi connectivity index (χ0v) is 11.6. The van der Waals surface area contributed by atoms with Crippen molar-refractivity contribution in [2.45, 2.75) is 32.1 Å². The van der Waals surface area contributed by atoms with E-state index < -0.39 is 0 Å². The average molecular weight is 273 g/mol. The first-order chi connectivity index (χ1) is 8.24. The van der Waals surface area contributed by atoms with Gasteiger partial charge < -0.3 is 4.90 Å². The number of pyridine rings is 1. The van der Waals surface area contributed by atoms with Crippen molar-refractivity contribution in [3.8, 4) is 0 Å². The molecule has 1 aromatic heterocycles. The highest BCUT2D eigenvalue weighted by Gasteiger charge is 2.21. The van der Waals surface area contributed by atoms with Crippen LogP contribution in [0.2, 0.25) is 5.02 Å². The molecule has 4 heteroatoms. The molecule has 0 bridgehead atoms. The van der Waals surface area contributed by atoms with E-state index in [0.717, 1.165) is 30.5 Å². The fourth-order valence-electron chi connectivity index (χ4n) is 2.11. The number of rotatable bonds is 5. The minimum absolute atomic E-state index is 0.369. The number of hydrogen-bond acceptors (Lipinski definition) is 2. The van der Waals surface area contributed by atoms with Gasteiger partial charge >= 0.3 is 0 Å². The minimum atomic E-state index is 0.369. The molecule has 2 nitrogen and oxygen atoms in total. The lowest BCUT2D eigenvalue weighted by molar-refractivity contribution is 0.318. The lowest BCUT2D eigenvalue weighted by Crippen LogP contribution is -2.33. The molecule has 0 aromatic carbocycles. The molecule has 94 valence electrons. The van der Waals surface area contributed by atoms with Crippen LogP contribution in [-0.2, 0) is 5.88 Å². The molecule has 0 radical (unpaired) electrons. The van der Waals surface area contributed by atoms with Crippen LogP contribution in [0.25, 0.3) is 0 Å². The van der Waals surface area contributed by atoms with Gasteiger partial charge in [-0.05, 0) is 37.8 Å². The van der Waals surface area contributed by atoms with Crippen LogP contribution >= 0.6 is 23.2 Å². The zero-order chi connectivity index (χ0) is 12.3. The second-order valence-corrected chi connectivity index (χ2v) is 5.24. The second kappa shape index (κ2) is 5.92. The van der Waals surface area contributed by atoms with E-state index >= 15 is 0 Å². The van der Waals surface area contributed by atoms with Crippen LogP contribution in [-0.4, -0.2) is 18.1 Å². The Morgan fingerprint density at radius 2 is 2.18 bits per heavy atom. The number of anilines is 1. The van der Waals surface area contributed by atoms with Gasteiger partial charge in [0.2, 0.25) is 0 Å². The van der Waals surface area contributed by atoms with Crippen molar-refractivity contribution in [3.05, 3.63) is 22.8 Å². The van der Waals surface area contributed by atoms with E-state index in [9.17, 15) is 0 Å². The van der Waals surface area contributed by atoms with Gasteiger partial charge in [0.15, 0.2) is 0 Å². The van der Waals surface area contributed by atoms with Crippen LogP contribution in [0.1, 0.15) is 31.9 Å². The summed E-state index contributed by atoms with van der Waals surface area (Å²) in [7, 11) is 0. The van der Waals surface area contributed by atoms with Crippen LogP contribution in [0.15, 0.2) is 12.1 Å². The van der Waals surface area contributed by atoms with Crippen LogP contribution in [0, 0.1) is 5.92 Å². The monoisotopic (exact) mass is 272 g/mol. The number of aromatic nitrogens is 1. The highest BCUT2D eigenvalue weighted by molar-refractivity contribution is 6.32. The number of alkyl halides is 1. The van der Waals surface area contributed by atoms with Crippen molar-refractivity contribution in [1.29, 1.82) is 0 Å². The molecule has 0 saturated heterocycles. The Hall–Kier alpha value is -0.470. The van der Waals surface area contributed by atoms with Crippen molar-refractivity contribution in [2.24, 2.45) is 5.92 Å². The van der Waals surface area contributed by atoms with E-state index in [-0.39, 0.29) is 0 Å². The zero-order valence-electron chi connectivity index (χ0n) is 10.1. The van der Waals surface area contributed by atoms with E-state index in [2.05, 4.69) is 16.8 Å². The molecule has 1 fully saturated rings. The van der Waals surface area contributed by atoms with E-state index in [4.69, 9.17) is 23.2 Å². The Labute approximate surface area is 113 Å². The molecule has 0 amide bonds. The van der Waals surface area contributed by atoms with E-state index in [1.807, 2.05) is 12.1 Å². The smallest absolute Gasteiger partial charge is 0.128 e. The summed E-state index contributed by atoms with van der Waals surface area (Å²) >= 11 is 11.9. The third kappa shape index (κ3) is 3.05. The number of nitrogens with zero attached hydrogens (tertiary/aromatic N) is 2. The molecule has 1 aliphatic rings. The summed E-state index contributed by atoms with van der Waals surface area (Å²) in [6, 6.07) is 3.88. The Kier molecular flexibility index (Phi) is 4.52. The van der Waals surface area contributed by atoms with Crippen molar-refractivity contribution in [3.63, 3.8) is 0 Å². The van der Waals surface area contributed by atoms with Crippen LogP contribution in [0.5, 0.6) is 0 Å². The van der Waals surface area contributed by atoms with E-state index in [1.54, 1.807) is 0 Å². The fourth-order valence-corrected chi connectivity index (χ4v) is 2.56. The van der Waals surface area contributed by atoms with Crippen molar-refractivity contribution >= 4 is 29.0 Å². The molecule has 17 heavy (non-hydrogen) atoms. The van der Waals surface area contributed by atoms with Crippen LogP contribution in [0.3, 0.4) is 0 Å². The third-order valence-corrected chi connectivity index (χ3v) is 4.04. The molecule has 1 aromatic rings. The lowest BCUT2D eigenvalue weighted by Gasteiger charge is -2.32. The summed E-state index contributed by atoms with van der Waals surface area (Å²) in [6.07, 6.45) is 4.09. The van der Waals surface area contributed by atoms with E-state index in [1.165, 1.54) is 19.3 Å². The second-order valence-electron chi connectivity index (χ2n) is 4.57. The molecule has 1 aliphatic carbocycles. The first kappa shape index (κ1) is 13.0. The standard InChI is InChI=1S/C13H18Cl2N2/c1-2-17(9-10-4-3-5-10)13-7-6-11(15)12(8-14)16-13/h6-7,10H,2-5,8-9H2,1H3. The lowest BCUT2D eigenvalue weighted by atomic mass is 9.85. The summed E-state index contributed by atoms with van der Waals surface area (Å²) in [4.78, 5) is 6.85. The SMILES string of the molecule is CCN(CC1CCC1)c1ccc(Cl)c(CCl)n1. The first-order valence-corrected chi connectivity index (χ1v) is 7.12. The molecule has 0 spiro atoms. The van der Waals surface area contributed by atoms with Crippen LogP contribution in [0.4, 0.5) is 5.82 Å². The average Bonchev–Trinajstić information content (AvgIpc) is 2.29. The Morgan fingerprint density at radius 3 is 2.71 bits per heavy atom. The summed E-state index contributed by atoms with van der Waals surface area (Å²) in [5.41, 5.74) is 0.776. The summed E-state index contributed by atoms with van der Waals surface area (Å²) in [5, 5.41) is 0.656. The van der Waals surface area contributed by atoms with Crippen molar-refractivity contribution in [2.75, 3.05) is 18.0 Å². The molecule has 2 rings (SSSR count). The van der Waals surface area contributed by atoms with Gasteiger partial charge in [-0.25, -0.2) is 4.98 Å². The van der Waals surface area contributed by atoms with Gasteiger partial charge in [-0.3, -0.25) is 0 Å². The minimum Gasteiger partial charge on any atom is -0.357 e. The largest absolute Gasteiger partial charge is 0.357 e. The maximum atomic E-state index is 6.02. The predicted molar refractivity (Wildman–Crippen MR) is 74.0 cm³/mol. The summed E-state index contributed by atoms with van der Waals surface area (Å²) in [5.74, 6) is 2.21. The van der Waals surface area contributed by atoms with Gasteiger partial charge in [-0.15, -0.1) is 11.6 Å². The first-order valence-electron chi connectivity index (χ1n) is 6.21. The molecular weight excluding hydrogens is 255 g/mol. The highest BCUT2D eigenvalue weighted by atomic mass is 35.5. The summed E-state index contributed by atoms with van der Waals surface area (Å²) < 4.78 is 0. The quantitative estimate of drug-likeness (QED) is 0.751. The third-order valence-electron chi connectivity index (χ3n) is 3.44. The van der Waals surface area contributed by atoms with Crippen LogP contribution < -0.4 is 4.90 Å². The molecule has 0 aliphatic heterocycles. The molecule has 0 N–H and O–H groups in total. The predicted octanol–water partition coefficient (Wildman–Crippen LogP) is 4.10. The normalized spacial score (nSPS) is 15.7. The number of hydrogen-bond donors (Lipinski definition) is 0. The maximum Gasteiger partial charge on any atom is 0.128 e. The number of halogens is 2. The summed E-state index contributed by atoms with van der Waals surface area (Å²) in [6.45, 7) is 4.25. The molecular formula is C13H18Cl2N2. The van der Waals surface area contributed by atoms with Crippen molar-refractivity contribution < 1.29 is 0 Å². The van der Waals surface area contributed by atoms with Gasteiger partial charge in [-0.2, -0.15) is 0 Å². The van der Waals surface area contributed by atoms with Gasteiger partial charge in [-0.1, -0.05) is 18.0 Å². The Bertz CT molecular complexity index is 378. The van der Waals surface area contributed by atoms with Gasteiger partial charge in [0.1, 0.15) is 5.82 Å². The Balaban J connectivity index is 2.11. The molecule has 0 unspecified atom stereocenters. The van der Waals surface area contributed by atoms with E-state index in [0.29, 0.717) is 10.9 Å². The Morgan fingerprint density at radius 1 is 1.41 bits per heavy atom. The van der Waals surface area contributed by atoms with Gasteiger partial charge in [0.05, 0.1) is 16.6 Å². The molecule has 1 heterocycles. The molecule has 1 saturated carbocycles. The maximum absolute atomic E-state index is 6.02.